The van der Waals surface area contributed by atoms with E-state index >= 15 is 0 Å². The number of likely N-dealkylation sites (N-methyl/N-ethyl adjacent to an activating group) is 1. The molecule has 4 nitrogen and oxygen atoms in total. The van der Waals surface area contributed by atoms with Gasteiger partial charge in [-0.3, -0.25) is 4.79 Å². The van der Waals surface area contributed by atoms with Gasteiger partial charge in [-0.15, -0.1) is 0 Å². The predicted molar refractivity (Wildman–Crippen MR) is 81.4 cm³/mol. The molecular weight excluding hydrogens is 290 g/mol. The van der Waals surface area contributed by atoms with Gasteiger partial charge in [-0.05, 0) is 37.6 Å². The number of carbonyl (C=O) groups excluding carboxylic acids is 1. The summed E-state index contributed by atoms with van der Waals surface area (Å²) in [6.07, 6.45) is 0.882. The summed E-state index contributed by atoms with van der Waals surface area (Å²) in [6, 6.07) is 2.38. The van der Waals surface area contributed by atoms with Gasteiger partial charge in [0.15, 0.2) is 0 Å². The van der Waals surface area contributed by atoms with Crippen LogP contribution in [0, 0.1) is 11.6 Å². The summed E-state index contributed by atoms with van der Waals surface area (Å²) < 4.78 is 26.6. The zero-order valence-corrected chi connectivity index (χ0v) is 13.2. The molecular formula is C16H24F2N2O2. The largest absolute Gasteiger partial charge is 0.389 e. The molecule has 1 aromatic carbocycles. The Hall–Kier alpha value is -1.53. The number of rotatable bonds is 8. The van der Waals surface area contributed by atoms with Crippen molar-refractivity contribution in [1.29, 1.82) is 0 Å². The first kappa shape index (κ1) is 18.5. The van der Waals surface area contributed by atoms with Crippen molar-refractivity contribution in [1.82, 2.24) is 10.6 Å². The van der Waals surface area contributed by atoms with Gasteiger partial charge in [0.05, 0.1) is 12.1 Å². The second kappa shape index (κ2) is 8.80. The van der Waals surface area contributed by atoms with E-state index in [0.717, 1.165) is 18.9 Å². The van der Waals surface area contributed by atoms with E-state index in [2.05, 4.69) is 10.6 Å². The monoisotopic (exact) mass is 314 g/mol. The Bertz CT molecular complexity index is 477. The molecule has 0 heterocycles. The van der Waals surface area contributed by atoms with Gasteiger partial charge >= 0.3 is 0 Å². The number of carbonyl (C=O) groups is 1. The van der Waals surface area contributed by atoms with Crippen molar-refractivity contribution in [2.45, 2.75) is 51.3 Å². The van der Waals surface area contributed by atoms with E-state index in [-0.39, 0.29) is 18.4 Å². The zero-order valence-electron chi connectivity index (χ0n) is 13.2. The van der Waals surface area contributed by atoms with Crippen LogP contribution >= 0.6 is 0 Å². The van der Waals surface area contributed by atoms with Crippen LogP contribution in [-0.2, 0) is 11.2 Å². The normalized spacial score (nSPS) is 15.2. The van der Waals surface area contributed by atoms with Crippen LogP contribution in [0.3, 0.4) is 0 Å². The number of aliphatic hydroxyl groups is 1. The highest BCUT2D eigenvalue weighted by molar-refractivity contribution is 5.73. The lowest BCUT2D eigenvalue weighted by atomic mass is 9.94. The molecule has 0 aromatic heterocycles. The van der Waals surface area contributed by atoms with Crippen LogP contribution in [0.25, 0.3) is 0 Å². The lowest BCUT2D eigenvalue weighted by molar-refractivity contribution is -0.120. The molecule has 3 N–H and O–H groups in total. The highest BCUT2D eigenvalue weighted by Gasteiger charge is 2.27. The molecule has 0 fully saturated rings. The van der Waals surface area contributed by atoms with E-state index in [1.807, 2.05) is 6.92 Å². The molecule has 22 heavy (non-hydrogen) atoms. The minimum absolute atomic E-state index is 0.150. The lowest BCUT2D eigenvalue weighted by Gasteiger charge is -2.30. The summed E-state index contributed by atoms with van der Waals surface area (Å²) in [5.74, 6) is -1.65. The Morgan fingerprint density at radius 3 is 2.27 bits per heavy atom. The molecule has 0 aliphatic carbocycles. The number of aliphatic hydroxyl groups excluding tert-OH is 1. The van der Waals surface area contributed by atoms with Gasteiger partial charge in [0.2, 0.25) is 5.91 Å². The second-order valence-electron chi connectivity index (χ2n) is 5.46. The van der Waals surface area contributed by atoms with Gasteiger partial charge in [0.1, 0.15) is 11.6 Å². The van der Waals surface area contributed by atoms with Crippen molar-refractivity contribution in [2.75, 3.05) is 7.05 Å². The van der Waals surface area contributed by atoms with E-state index in [1.165, 1.54) is 19.1 Å². The second-order valence-corrected chi connectivity index (χ2v) is 5.46. The van der Waals surface area contributed by atoms with E-state index in [0.29, 0.717) is 5.56 Å². The maximum atomic E-state index is 13.3. The van der Waals surface area contributed by atoms with Crippen LogP contribution in [0.15, 0.2) is 18.2 Å². The number of benzene rings is 1. The summed E-state index contributed by atoms with van der Waals surface area (Å²) >= 11 is 0. The molecule has 1 rings (SSSR count). The molecule has 124 valence electrons. The molecule has 0 aliphatic rings. The fourth-order valence-electron chi connectivity index (χ4n) is 2.58. The molecule has 0 radical (unpaired) electrons. The Balaban J connectivity index is 2.93. The fourth-order valence-corrected chi connectivity index (χ4v) is 2.58. The average molecular weight is 314 g/mol. The fraction of sp³-hybridized carbons (Fsp3) is 0.562. The maximum absolute atomic E-state index is 13.3. The molecule has 0 saturated carbocycles. The minimum atomic E-state index is -0.861. The third-order valence-corrected chi connectivity index (χ3v) is 3.56. The Morgan fingerprint density at radius 1 is 1.23 bits per heavy atom. The van der Waals surface area contributed by atoms with E-state index < -0.39 is 23.8 Å². The lowest BCUT2D eigenvalue weighted by Crippen LogP contribution is -2.52. The van der Waals surface area contributed by atoms with Crippen LogP contribution in [0.5, 0.6) is 0 Å². The maximum Gasteiger partial charge on any atom is 0.217 e. The van der Waals surface area contributed by atoms with Gasteiger partial charge in [-0.1, -0.05) is 13.3 Å². The minimum Gasteiger partial charge on any atom is -0.389 e. The third-order valence-electron chi connectivity index (χ3n) is 3.56. The topological polar surface area (TPSA) is 61.4 Å². The average Bonchev–Trinajstić information content (AvgIpc) is 2.41. The number of hydrogen-bond donors (Lipinski definition) is 3. The summed E-state index contributed by atoms with van der Waals surface area (Å²) in [6.45, 7) is 3.34. The van der Waals surface area contributed by atoms with E-state index in [9.17, 15) is 18.7 Å². The van der Waals surface area contributed by atoms with E-state index in [4.69, 9.17) is 0 Å². The molecule has 6 heteroatoms. The number of amides is 1. The van der Waals surface area contributed by atoms with Crippen molar-refractivity contribution < 1.29 is 18.7 Å². The van der Waals surface area contributed by atoms with Gasteiger partial charge in [0, 0.05) is 19.0 Å². The van der Waals surface area contributed by atoms with Crippen LogP contribution in [0.4, 0.5) is 8.78 Å². The van der Waals surface area contributed by atoms with Crippen molar-refractivity contribution in [3.8, 4) is 0 Å². The molecule has 3 atom stereocenters. The van der Waals surface area contributed by atoms with Crippen molar-refractivity contribution in [3.05, 3.63) is 35.4 Å². The zero-order chi connectivity index (χ0) is 16.7. The Labute approximate surface area is 129 Å². The van der Waals surface area contributed by atoms with Crippen LogP contribution in [0.1, 0.15) is 32.3 Å². The van der Waals surface area contributed by atoms with Gasteiger partial charge in [-0.2, -0.15) is 0 Å². The van der Waals surface area contributed by atoms with Gasteiger partial charge in [0.25, 0.3) is 0 Å². The molecule has 0 saturated heterocycles. The number of halogens is 2. The number of nitrogens with one attached hydrogen (secondary N) is 2. The quantitative estimate of drug-likeness (QED) is 0.685. The van der Waals surface area contributed by atoms with Crippen LogP contribution < -0.4 is 10.6 Å². The smallest absolute Gasteiger partial charge is 0.217 e. The Morgan fingerprint density at radius 2 is 1.82 bits per heavy atom. The highest BCUT2D eigenvalue weighted by atomic mass is 19.1. The summed E-state index contributed by atoms with van der Waals surface area (Å²) in [4.78, 5) is 11.4. The van der Waals surface area contributed by atoms with Crippen LogP contribution in [-0.4, -0.2) is 36.2 Å². The molecule has 3 unspecified atom stereocenters. The van der Waals surface area contributed by atoms with Crippen molar-refractivity contribution in [2.24, 2.45) is 0 Å². The van der Waals surface area contributed by atoms with E-state index in [1.54, 1.807) is 7.05 Å². The van der Waals surface area contributed by atoms with Crippen LogP contribution in [0.2, 0.25) is 0 Å². The highest BCUT2D eigenvalue weighted by Crippen LogP contribution is 2.14. The first-order chi connectivity index (χ1) is 10.4. The Kier molecular flexibility index (Phi) is 7.41. The molecule has 0 spiro atoms. The summed E-state index contributed by atoms with van der Waals surface area (Å²) in [5, 5.41) is 16.2. The number of hydrogen-bond acceptors (Lipinski definition) is 3. The molecule has 0 bridgehead atoms. The predicted octanol–water partition coefficient (Wildman–Crippen LogP) is 1.76. The van der Waals surface area contributed by atoms with Gasteiger partial charge in [-0.25, -0.2) is 8.78 Å². The molecule has 1 amide bonds. The third kappa shape index (κ3) is 5.69. The first-order valence-corrected chi connectivity index (χ1v) is 7.44. The first-order valence-electron chi connectivity index (χ1n) is 7.44. The van der Waals surface area contributed by atoms with Gasteiger partial charge < -0.3 is 15.7 Å². The standard InChI is InChI=1S/C16H24F2N2O2/c1-4-5-14(19-3)16(22)15(20-10(2)21)8-11-6-12(17)9-13(18)7-11/h6-7,9,14-16,19,22H,4-5,8H2,1-3H3,(H,20,21). The molecule has 1 aromatic rings. The van der Waals surface area contributed by atoms with Crippen molar-refractivity contribution >= 4 is 5.91 Å². The SMILES string of the molecule is CCCC(NC)C(O)C(Cc1cc(F)cc(F)c1)NC(C)=O. The summed E-state index contributed by atoms with van der Waals surface area (Å²) in [7, 11) is 1.73. The van der Waals surface area contributed by atoms with Crippen molar-refractivity contribution in [3.63, 3.8) is 0 Å². The molecule has 0 aliphatic heterocycles. The summed E-state index contributed by atoms with van der Waals surface area (Å²) in [5.41, 5.74) is 0.390.